The average Bonchev–Trinajstić information content (AvgIpc) is 3.34. The highest BCUT2D eigenvalue weighted by Gasteiger charge is 2.29. The van der Waals surface area contributed by atoms with Gasteiger partial charge in [0.05, 0.1) is 0 Å². The largest absolute Gasteiger partial charge is 0.378 e. The van der Waals surface area contributed by atoms with Crippen LogP contribution < -0.4 is 15.5 Å². The van der Waals surface area contributed by atoms with Gasteiger partial charge in [0.25, 0.3) is 0 Å². The molecule has 0 saturated heterocycles. The fourth-order valence-corrected chi connectivity index (χ4v) is 2.24. The van der Waals surface area contributed by atoms with Gasteiger partial charge in [-0.05, 0) is 61.4 Å². The number of benzene rings is 2. The highest BCUT2D eigenvalue weighted by atomic mass is 16.2. The van der Waals surface area contributed by atoms with Gasteiger partial charge in [-0.2, -0.15) is 0 Å². The Morgan fingerprint density at radius 3 is 1.91 bits per heavy atom. The second kappa shape index (κ2) is 6.10. The molecule has 0 atom stereocenters. The van der Waals surface area contributed by atoms with E-state index in [1.807, 2.05) is 38.4 Å². The minimum absolute atomic E-state index is 0.139. The monoisotopic (exact) mass is 295 g/mol. The Kier molecular flexibility index (Phi) is 4.00. The number of rotatable bonds is 5. The first-order valence-corrected chi connectivity index (χ1v) is 7.57. The van der Waals surface area contributed by atoms with Gasteiger partial charge in [-0.15, -0.1) is 0 Å². The smallest absolute Gasteiger partial charge is 0.227 e. The van der Waals surface area contributed by atoms with Crippen LogP contribution in [-0.4, -0.2) is 20.0 Å². The van der Waals surface area contributed by atoms with Crippen LogP contribution in [0.25, 0.3) is 0 Å². The Bertz CT molecular complexity index is 643. The van der Waals surface area contributed by atoms with Crippen molar-refractivity contribution in [1.29, 1.82) is 0 Å². The van der Waals surface area contributed by atoms with Gasteiger partial charge < -0.3 is 15.5 Å². The van der Waals surface area contributed by atoms with Crippen LogP contribution in [0.3, 0.4) is 0 Å². The van der Waals surface area contributed by atoms with E-state index in [1.165, 1.54) is 5.69 Å². The van der Waals surface area contributed by atoms with Crippen molar-refractivity contribution in [3.05, 3.63) is 48.5 Å². The third kappa shape index (κ3) is 3.58. The molecule has 1 fully saturated rings. The molecule has 2 aromatic rings. The number of nitrogens with one attached hydrogen (secondary N) is 2. The van der Waals surface area contributed by atoms with E-state index < -0.39 is 0 Å². The lowest BCUT2D eigenvalue weighted by molar-refractivity contribution is -0.117. The molecule has 0 radical (unpaired) electrons. The normalized spacial score (nSPS) is 13.5. The van der Waals surface area contributed by atoms with Crippen molar-refractivity contribution < 1.29 is 4.79 Å². The van der Waals surface area contributed by atoms with E-state index in [1.54, 1.807) is 0 Å². The van der Waals surface area contributed by atoms with E-state index in [9.17, 15) is 4.79 Å². The summed E-state index contributed by atoms with van der Waals surface area (Å²) in [6, 6.07) is 16.1. The lowest BCUT2D eigenvalue weighted by Crippen LogP contribution is -2.13. The average molecular weight is 295 g/mol. The van der Waals surface area contributed by atoms with Gasteiger partial charge in [0.15, 0.2) is 0 Å². The molecule has 114 valence electrons. The number of hydrogen-bond donors (Lipinski definition) is 2. The standard InChI is InChI=1S/C18H21N3O/c1-21(2)17-11-9-15(10-12-17)19-14-5-7-16(8-6-14)20-18(22)13-3-4-13/h5-13,19H,3-4H2,1-2H3,(H,20,22). The molecular formula is C18H21N3O. The topological polar surface area (TPSA) is 44.4 Å². The Balaban J connectivity index is 1.61. The van der Waals surface area contributed by atoms with E-state index in [0.717, 1.165) is 29.9 Å². The fourth-order valence-electron chi connectivity index (χ4n) is 2.24. The second-order valence-corrected chi connectivity index (χ2v) is 5.91. The van der Waals surface area contributed by atoms with Crippen molar-refractivity contribution in [2.75, 3.05) is 29.6 Å². The second-order valence-electron chi connectivity index (χ2n) is 5.91. The van der Waals surface area contributed by atoms with E-state index in [4.69, 9.17) is 0 Å². The predicted octanol–water partition coefficient (Wildman–Crippen LogP) is 3.84. The summed E-state index contributed by atoms with van der Waals surface area (Å²) in [5.41, 5.74) is 4.07. The molecule has 2 N–H and O–H groups in total. The van der Waals surface area contributed by atoms with Crippen LogP contribution in [0.5, 0.6) is 0 Å². The molecule has 0 aromatic heterocycles. The summed E-state index contributed by atoms with van der Waals surface area (Å²) in [6.45, 7) is 0. The molecule has 0 bridgehead atoms. The molecule has 3 rings (SSSR count). The summed E-state index contributed by atoms with van der Waals surface area (Å²) >= 11 is 0. The highest BCUT2D eigenvalue weighted by molar-refractivity contribution is 5.94. The molecule has 1 aliphatic carbocycles. The molecule has 1 saturated carbocycles. The van der Waals surface area contributed by atoms with Crippen molar-refractivity contribution >= 4 is 28.7 Å². The first-order valence-electron chi connectivity index (χ1n) is 7.57. The molecule has 2 aromatic carbocycles. The van der Waals surface area contributed by atoms with Gasteiger partial charge in [0, 0.05) is 42.8 Å². The van der Waals surface area contributed by atoms with E-state index >= 15 is 0 Å². The molecule has 0 unspecified atom stereocenters. The van der Waals surface area contributed by atoms with Crippen LogP contribution >= 0.6 is 0 Å². The van der Waals surface area contributed by atoms with Crippen molar-refractivity contribution in [2.45, 2.75) is 12.8 Å². The number of nitrogens with zero attached hydrogens (tertiary/aromatic N) is 1. The fraction of sp³-hybridized carbons (Fsp3) is 0.278. The summed E-state index contributed by atoms with van der Waals surface area (Å²) in [6.07, 6.45) is 2.04. The quantitative estimate of drug-likeness (QED) is 0.880. The SMILES string of the molecule is CN(C)c1ccc(Nc2ccc(NC(=O)C3CC3)cc2)cc1. The van der Waals surface area contributed by atoms with Crippen LogP contribution in [0.15, 0.2) is 48.5 Å². The van der Waals surface area contributed by atoms with Crippen LogP contribution in [0.2, 0.25) is 0 Å². The predicted molar refractivity (Wildman–Crippen MR) is 91.8 cm³/mol. The van der Waals surface area contributed by atoms with Crippen molar-refractivity contribution in [2.24, 2.45) is 5.92 Å². The van der Waals surface area contributed by atoms with Crippen molar-refractivity contribution in [3.63, 3.8) is 0 Å². The molecule has 0 aliphatic heterocycles. The lowest BCUT2D eigenvalue weighted by atomic mass is 10.2. The summed E-state index contributed by atoms with van der Waals surface area (Å²) < 4.78 is 0. The van der Waals surface area contributed by atoms with Crippen LogP contribution in [-0.2, 0) is 4.79 Å². The summed E-state index contributed by atoms with van der Waals surface area (Å²) in [4.78, 5) is 13.8. The van der Waals surface area contributed by atoms with Gasteiger partial charge in [-0.1, -0.05) is 0 Å². The molecular weight excluding hydrogens is 274 g/mol. The lowest BCUT2D eigenvalue weighted by Gasteiger charge is -2.13. The number of carbonyl (C=O) groups is 1. The Labute approximate surface area is 131 Å². The van der Waals surface area contributed by atoms with Crippen LogP contribution in [0.1, 0.15) is 12.8 Å². The third-order valence-electron chi connectivity index (χ3n) is 3.77. The number of carbonyl (C=O) groups excluding carboxylic acids is 1. The van der Waals surface area contributed by atoms with Gasteiger partial charge in [-0.3, -0.25) is 4.79 Å². The number of hydrogen-bond acceptors (Lipinski definition) is 3. The van der Waals surface area contributed by atoms with E-state index in [0.29, 0.717) is 0 Å². The van der Waals surface area contributed by atoms with Gasteiger partial charge in [-0.25, -0.2) is 0 Å². The Morgan fingerprint density at radius 2 is 1.41 bits per heavy atom. The molecule has 0 spiro atoms. The van der Waals surface area contributed by atoms with Crippen molar-refractivity contribution in [3.8, 4) is 0 Å². The zero-order chi connectivity index (χ0) is 15.5. The van der Waals surface area contributed by atoms with Gasteiger partial charge in [0.1, 0.15) is 0 Å². The maximum atomic E-state index is 11.7. The highest BCUT2D eigenvalue weighted by Crippen LogP contribution is 2.30. The number of anilines is 4. The van der Waals surface area contributed by atoms with Crippen LogP contribution in [0, 0.1) is 5.92 Å². The van der Waals surface area contributed by atoms with Gasteiger partial charge in [0.2, 0.25) is 5.91 Å². The molecule has 1 aliphatic rings. The minimum atomic E-state index is 0.139. The molecule has 4 nitrogen and oxygen atoms in total. The Morgan fingerprint density at radius 1 is 0.909 bits per heavy atom. The summed E-state index contributed by atoms with van der Waals surface area (Å²) in [5, 5.41) is 6.30. The third-order valence-corrected chi connectivity index (χ3v) is 3.77. The van der Waals surface area contributed by atoms with Crippen LogP contribution in [0.4, 0.5) is 22.7 Å². The first kappa shape index (κ1) is 14.4. The molecule has 22 heavy (non-hydrogen) atoms. The maximum absolute atomic E-state index is 11.7. The molecule has 0 heterocycles. The van der Waals surface area contributed by atoms with E-state index in [-0.39, 0.29) is 11.8 Å². The first-order chi connectivity index (χ1) is 10.6. The minimum Gasteiger partial charge on any atom is -0.378 e. The van der Waals surface area contributed by atoms with E-state index in [2.05, 4.69) is 39.8 Å². The Hall–Kier alpha value is -2.49. The van der Waals surface area contributed by atoms with Crippen molar-refractivity contribution in [1.82, 2.24) is 0 Å². The zero-order valence-corrected chi connectivity index (χ0v) is 13.0. The maximum Gasteiger partial charge on any atom is 0.227 e. The summed E-state index contributed by atoms with van der Waals surface area (Å²) in [7, 11) is 4.05. The molecule has 4 heteroatoms. The summed E-state index contributed by atoms with van der Waals surface area (Å²) in [5.74, 6) is 0.369. The number of amides is 1. The van der Waals surface area contributed by atoms with Gasteiger partial charge >= 0.3 is 0 Å². The zero-order valence-electron chi connectivity index (χ0n) is 13.0. The molecule has 1 amide bonds.